The third-order valence-corrected chi connectivity index (χ3v) is 4.12. The molecular formula is C17H17ClN6. The average molecular weight is 341 g/mol. The molecule has 7 heteroatoms. The van der Waals surface area contributed by atoms with Crippen LogP contribution in [0.2, 0.25) is 5.15 Å². The fourth-order valence-electron chi connectivity index (χ4n) is 2.78. The molecule has 6 nitrogen and oxygen atoms in total. The third kappa shape index (κ3) is 2.59. The lowest BCUT2D eigenvalue weighted by Gasteiger charge is -2.08. The topological polar surface area (TPSA) is 70.9 Å². The van der Waals surface area contributed by atoms with Crippen LogP contribution in [0.3, 0.4) is 0 Å². The number of hydrogen-bond acceptors (Lipinski definition) is 4. The van der Waals surface area contributed by atoms with Crippen molar-refractivity contribution in [3.05, 3.63) is 53.1 Å². The number of aromatic amines is 1. The minimum absolute atomic E-state index is 0.215. The van der Waals surface area contributed by atoms with Crippen molar-refractivity contribution < 1.29 is 0 Å². The van der Waals surface area contributed by atoms with Crippen molar-refractivity contribution in [1.82, 2.24) is 24.8 Å². The van der Waals surface area contributed by atoms with E-state index >= 15 is 0 Å². The van der Waals surface area contributed by atoms with Crippen molar-refractivity contribution in [2.24, 2.45) is 0 Å². The summed E-state index contributed by atoms with van der Waals surface area (Å²) in [6, 6.07) is 12.1. The van der Waals surface area contributed by atoms with Crippen LogP contribution in [0.4, 0.5) is 5.69 Å². The van der Waals surface area contributed by atoms with E-state index in [1.54, 1.807) is 10.6 Å². The van der Waals surface area contributed by atoms with Gasteiger partial charge in [-0.15, -0.1) is 10.2 Å². The molecule has 2 N–H and O–H groups in total. The predicted octanol–water partition coefficient (Wildman–Crippen LogP) is 3.99. The highest BCUT2D eigenvalue weighted by molar-refractivity contribution is 6.29. The van der Waals surface area contributed by atoms with Gasteiger partial charge >= 0.3 is 0 Å². The standard InChI is InChI=1S/C17H17ClN6/c1-10(2)16-21-22-17-14(8-15(18)23-24(16)17)19-9-12-7-11-5-3-4-6-13(11)20-12/h3-8,10,19-20H,9H2,1-2H3. The molecule has 0 saturated carbocycles. The van der Waals surface area contributed by atoms with E-state index in [4.69, 9.17) is 11.6 Å². The van der Waals surface area contributed by atoms with Crippen LogP contribution in [0.5, 0.6) is 0 Å². The molecule has 0 bridgehead atoms. The maximum Gasteiger partial charge on any atom is 0.201 e. The largest absolute Gasteiger partial charge is 0.376 e. The molecule has 3 aromatic heterocycles. The number of halogens is 1. The van der Waals surface area contributed by atoms with Gasteiger partial charge in [0.05, 0.1) is 12.2 Å². The summed E-state index contributed by atoms with van der Waals surface area (Å²) in [5, 5.41) is 17.8. The summed E-state index contributed by atoms with van der Waals surface area (Å²) in [6.07, 6.45) is 0. The van der Waals surface area contributed by atoms with Crippen molar-refractivity contribution in [3.8, 4) is 0 Å². The number of benzene rings is 1. The van der Waals surface area contributed by atoms with Crippen molar-refractivity contribution in [2.75, 3.05) is 5.32 Å². The molecule has 0 saturated heterocycles. The van der Waals surface area contributed by atoms with Gasteiger partial charge in [-0.3, -0.25) is 0 Å². The first-order chi connectivity index (χ1) is 11.6. The van der Waals surface area contributed by atoms with E-state index in [0.717, 1.165) is 22.7 Å². The molecule has 0 unspecified atom stereocenters. The van der Waals surface area contributed by atoms with E-state index in [1.807, 2.05) is 12.1 Å². The molecule has 0 aliphatic carbocycles. The van der Waals surface area contributed by atoms with Gasteiger partial charge in [-0.25, -0.2) is 0 Å². The summed E-state index contributed by atoms with van der Waals surface area (Å²) in [5.74, 6) is 1.01. The Morgan fingerprint density at radius 1 is 1.21 bits per heavy atom. The van der Waals surface area contributed by atoms with E-state index < -0.39 is 0 Å². The van der Waals surface area contributed by atoms with E-state index in [9.17, 15) is 0 Å². The van der Waals surface area contributed by atoms with Crippen molar-refractivity contribution in [2.45, 2.75) is 26.3 Å². The Bertz CT molecular complexity index is 983. The number of hydrogen-bond donors (Lipinski definition) is 2. The molecule has 4 aromatic rings. The van der Waals surface area contributed by atoms with E-state index in [1.165, 1.54) is 5.39 Å². The first-order valence-electron chi connectivity index (χ1n) is 7.84. The zero-order valence-corrected chi connectivity index (χ0v) is 14.2. The zero-order valence-electron chi connectivity index (χ0n) is 13.4. The third-order valence-electron chi connectivity index (χ3n) is 3.94. The Balaban J connectivity index is 1.66. The fraction of sp³-hybridized carbons (Fsp3) is 0.235. The number of nitrogens with one attached hydrogen (secondary N) is 2. The van der Waals surface area contributed by atoms with Crippen molar-refractivity contribution >= 4 is 33.8 Å². The van der Waals surface area contributed by atoms with Gasteiger partial charge in [-0.2, -0.15) is 9.61 Å². The van der Waals surface area contributed by atoms with Gasteiger partial charge in [-0.1, -0.05) is 43.6 Å². The van der Waals surface area contributed by atoms with E-state index in [0.29, 0.717) is 17.3 Å². The zero-order chi connectivity index (χ0) is 16.7. The second kappa shape index (κ2) is 5.79. The van der Waals surface area contributed by atoms with Gasteiger partial charge in [0, 0.05) is 23.2 Å². The molecule has 4 rings (SSSR count). The maximum absolute atomic E-state index is 6.17. The first kappa shape index (κ1) is 15.0. The molecule has 0 amide bonds. The highest BCUT2D eigenvalue weighted by Gasteiger charge is 2.15. The normalized spacial score (nSPS) is 11.7. The van der Waals surface area contributed by atoms with Crippen LogP contribution in [0.1, 0.15) is 31.3 Å². The van der Waals surface area contributed by atoms with Crippen LogP contribution in [-0.2, 0) is 6.54 Å². The lowest BCUT2D eigenvalue weighted by Crippen LogP contribution is -2.06. The minimum Gasteiger partial charge on any atom is -0.376 e. The number of rotatable bonds is 4. The summed E-state index contributed by atoms with van der Waals surface area (Å²) < 4.78 is 1.71. The number of para-hydroxylation sites is 1. The minimum atomic E-state index is 0.215. The lowest BCUT2D eigenvalue weighted by atomic mass is 10.2. The van der Waals surface area contributed by atoms with Crippen molar-refractivity contribution in [3.63, 3.8) is 0 Å². The summed E-state index contributed by atoms with van der Waals surface area (Å²) in [7, 11) is 0. The molecule has 0 radical (unpaired) electrons. The van der Waals surface area contributed by atoms with Gasteiger partial charge in [0.2, 0.25) is 5.65 Å². The lowest BCUT2D eigenvalue weighted by molar-refractivity contribution is 0.721. The van der Waals surface area contributed by atoms with Crippen molar-refractivity contribution in [1.29, 1.82) is 0 Å². The molecule has 0 aliphatic heterocycles. The second-order valence-electron chi connectivity index (χ2n) is 6.06. The number of H-pyrrole nitrogens is 1. The summed E-state index contributed by atoms with van der Waals surface area (Å²) in [5.41, 5.74) is 3.70. The average Bonchev–Trinajstić information content (AvgIpc) is 3.15. The smallest absolute Gasteiger partial charge is 0.201 e. The molecule has 0 aliphatic rings. The van der Waals surface area contributed by atoms with Crippen LogP contribution in [-0.4, -0.2) is 24.8 Å². The first-order valence-corrected chi connectivity index (χ1v) is 8.22. The van der Waals surface area contributed by atoms with Gasteiger partial charge in [0.25, 0.3) is 0 Å². The fourth-order valence-corrected chi connectivity index (χ4v) is 2.96. The van der Waals surface area contributed by atoms with E-state index in [-0.39, 0.29) is 5.92 Å². The SMILES string of the molecule is CC(C)c1nnc2c(NCc3cc4ccccc4[nH]3)cc(Cl)nn12. The molecule has 122 valence electrons. The van der Waals surface area contributed by atoms with Crippen LogP contribution in [0, 0.1) is 0 Å². The Labute approximate surface area is 143 Å². The Morgan fingerprint density at radius 3 is 2.83 bits per heavy atom. The monoisotopic (exact) mass is 340 g/mol. The molecule has 1 aromatic carbocycles. The Morgan fingerprint density at radius 2 is 2.04 bits per heavy atom. The molecule has 24 heavy (non-hydrogen) atoms. The number of fused-ring (bicyclic) bond motifs is 2. The molecule has 3 heterocycles. The van der Waals surface area contributed by atoms with Crippen LogP contribution >= 0.6 is 11.6 Å². The summed E-state index contributed by atoms with van der Waals surface area (Å²) in [4.78, 5) is 3.40. The van der Waals surface area contributed by atoms with Gasteiger partial charge in [0.15, 0.2) is 11.0 Å². The molecule has 0 atom stereocenters. The van der Waals surface area contributed by atoms with Crippen LogP contribution < -0.4 is 5.32 Å². The number of nitrogens with zero attached hydrogens (tertiary/aromatic N) is 4. The summed E-state index contributed by atoms with van der Waals surface area (Å²) in [6.45, 7) is 4.74. The Kier molecular flexibility index (Phi) is 3.61. The maximum atomic E-state index is 6.17. The molecular weight excluding hydrogens is 324 g/mol. The van der Waals surface area contributed by atoms with Gasteiger partial charge < -0.3 is 10.3 Å². The van der Waals surface area contributed by atoms with E-state index in [2.05, 4.69) is 57.6 Å². The predicted molar refractivity (Wildman–Crippen MR) is 95.5 cm³/mol. The highest BCUT2D eigenvalue weighted by atomic mass is 35.5. The summed E-state index contributed by atoms with van der Waals surface area (Å²) >= 11 is 6.17. The van der Waals surface area contributed by atoms with Gasteiger partial charge in [0.1, 0.15) is 0 Å². The quantitative estimate of drug-likeness (QED) is 0.589. The molecule has 0 fully saturated rings. The van der Waals surface area contributed by atoms with Crippen LogP contribution in [0.25, 0.3) is 16.6 Å². The van der Waals surface area contributed by atoms with Gasteiger partial charge in [-0.05, 0) is 17.5 Å². The second-order valence-corrected chi connectivity index (χ2v) is 6.45. The molecule has 0 spiro atoms. The highest BCUT2D eigenvalue weighted by Crippen LogP contribution is 2.23. The number of aromatic nitrogens is 5. The number of anilines is 1. The Hall–Kier alpha value is -2.60. The van der Waals surface area contributed by atoms with Crippen LogP contribution in [0.15, 0.2) is 36.4 Å².